The number of hydrogen-bond acceptors (Lipinski definition) is 6. The van der Waals surface area contributed by atoms with Crippen LogP contribution in [0.3, 0.4) is 0 Å². The number of ether oxygens (including phenoxy) is 1. The Hall–Kier alpha value is -3.19. The molecule has 0 spiro atoms. The first-order chi connectivity index (χ1) is 15.6. The summed E-state index contributed by atoms with van der Waals surface area (Å²) in [5.74, 6) is 1.96. The van der Waals surface area contributed by atoms with Gasteiger partial charge in [-0.1, -0.05) is 35.0 Å². The van der Waals surface area contributed by atoms with Crippen LogP contribution in [0.5, 0.6) is 5.75 Å². The fourth-order valence-electron chi connectivity index (χ4n) is 3.94. The highest BCUT2D eigenvalue weighted by molar-refractivity contribution is 5.76. The first-order valence-corrected chi connectivity index (χ1v) is 11.2. The van der Waals surface area contributed by atoms with E-state index in [2.05, 4.69) is 46.2 Å². The maximum Gasteiger partial charge on any atom is 0.227 e. The fraction of sp³-hybridized carbons (Fsp3) is 0.400. The Labute approximate surface area is 189 Å². The SMILES string of the molecule is CCOc1ccc(-c2noc(CCC(=O)N3CCN(Cc4cccc(C)c4)CC3)n2)cc1. The molecule has 4 rings (SSSR count). The fourth-order valence-corrected chi connectivity index (χ4v) is 3.94. The number of hydrogen-bond donors (Lipinski definition) is 0. The molecule has 0 aliphatic carbocycles. The van der Waals surface area contributed by atoms with Gasteiger partial charge in [0.15, 0.2) is 0 Å². The number of carbonyl (C=O) groups is 1. The monoisotopic (exact) mass is 434 g/mol. The highest BCUT2D eigenvalue weighted by Gasteiger charge is 2.21. The van der Waals surface area contributed by atoms with E-state index in [1.807, 2.05) is 36.1 Å². The van der Waals surface area contributed by atoms with E-state index in [1.165, 1.54) is 11.1 Å². The van der Waals surface area contributed by atoms with Crippen molar-refractivity contribution in [2.45, 2.75) is 33.2 Å². The molecule has 1 fully saturated rings. The Morgan fingerprint density at radius 3 is 2.59 bits per heavy atom. The number of carbonyl (C=O) groups excluding carboxylic acids is 1. The maximum atomic E-state index is 12.7. The summed E-state index contributed by atoms with van der Waals surface area (Å²) >= 11 is 0. The molecule has 7 nitrogen and oxygen atoms in total. The molecule has 2 heterocycles. The smallest absolute Gasteiger partial charge is 0.227 e. The van der Waals surface area contributed by atoms with Gasteiger partial charge in [0.05, 0.1) is 6.61 Å². The van der Waals surface area contributed by atoms with Gasteiger partial charge in [-0.25, -0.2) is 0 Å². The van der Waals surface area contributed by atoms with Gasteiger partial charge in [-0.15, -0.1) is 0 Å². The molecule has 0 saturated carbocycles. The molecule has 7 heteroatoms. The molecular weight excluding hydrogens is 404 g/mol. The second kappa shape index (κ2) is 10.4. The lowest BCUT2D eigenvalue weighted by atomic mass is 10.1. The molecule has 2 aromatic carbocycles. The van der Waals surface area contributed by atoms with Crippen LogP contribution in [-0.4, -0.2) is 58.6 Å². The average Bonchev–Trinajstić information content (AvgIpc) is 3.28. The summed E-state index contributed by atoms with van der Waals surface area (Å²) in [7, 11) is 0. The molecule has 1 saturated heterocycles. The third-order valence-corrected chi connectivity index (χ3v) is 5.66. The van der Waals surface area contributed by atoms with Gasteiger partial charge in [0.2, 0.25) is 17.6 Å². The van der Waals surface area contributed by atoms with Crippen molar-refractivity contribution in [2.75, 3.05) is 32.8 Å². The lowest BCUT2D eigenvalue weighted by molar-refractivity contribution is -0.133. The number of rotatable bonds is 8. The van der Waals surface area contributed by atoms with E-state index >= 15 is 0 Å². The van der Waals surface area contributed by atoms with E-state index in [-0.39, 0.29) is 5.91 Å². The molecule has 0 unspecified atom stereocenters. The Balaban J connectivity index is 1.23. The molecular formula is C25H30N4O3. The molecule has 1 aliphatic heterocycles. The molecule has 168 valence electrons. The highest BCUT2D eigenvalue weighted by atomic mass is 16.5. The van der Waals surface area contributed by atoms with E-state index in [4.69, 9.17) is 9.26 Å². The van der Waals surface area contributed by atoms with Crippen molar-refractivity contribution in [1.29, 1.82) is 0 Å². The summed E-state index contributed by atoms with van der Waals surface area (Å²) in [6.45, 7) is 8.92. The normalized spacial score (nSPS) is 14.5. The first-order valence-electron chi connectivity index (χ1n) is 11.2. The molecule has 0 atom stereocenters. The van der Waals surface area contributed by atoms with Gasteiger partial charge in [-0.05, 0) is 43.7 Å². The Morgan fingerprint density at radius 1 is 1.09 bits per heavy atom. The van der Waals surface area contributed by atoms with Crippen LogP contribution in [0, 0.1) is 6.92 Å². The van der Waals surface area contributed by atoms with E-state index in [9.17, 15) is 4.79 Å². The molecule has 32 heavy (non-hydrogen) atoms. The minimum absolute atomic E-state index is 0.140. The highest BCUT2D eigenvalue weighted by Crippen LogP contribution is 2.20. The van der Waals surface area contributed by atoms with Gasteiger partial charge in [0.25, 0.3) is 0 Å². The topological polar surface area (TPSA) is 71.7 Å². The van der Waals surface area contributed by atoms with Crippen molar-refractivity contribution in [2.24, 2.45) is 0 Å². The van der Waals surface area contributed by atoms with Gasteiger partial charge < -0.3 is 14.2 Å². The zero-order chi connectivity index (χ0) is 22.3. The Kier molecular flexibility index (Phi) is 7.17. The number of piperazine rings is 1. The van der Waals surface area contributed by atoms with Gasteiger partial charge in [0.1, 0.15) is 5.75 Å². The molecule has 1 aromatic heterocycles. The number of aromatic nitrogens is 2. The van der Waals surface area contributed by atoms with Crippen LogP contribution in [0.25, 0.3) is 11.4 Å². The van der Waals surface area contributed by atoms with Crippen LogP contribution < -0.4 is 4.74 Å². The van der Waals surface area contributed by atoms with Crippen LogP contribution in [0.4, 0.5) is 0 Å². The van der Waals surface area contributed by atoms with Crippen LogP contribution >= 0.6 is 0 Å². The van der Waals surface area contributed by atoms with E-state index in [0.29, 0.717) is 31.2 Å². The second-order valence-corrected chi connectivity index (χ2v) is 8.12. The minimum Gasteiger partial charge on any atom is -0.494 e. The summed E-state index contributed by atoms with van der Waals surface area (Å²) in [6.07, 6.45) is 0.829. The standard InChI is InChI=1S/C25H30N4O3/c1-3-31-22-9-7-21(8-10-22)25-26-23(32-27-25)11-12-24(30)29-15-13-28(14-16-29)18-20-6-4-5-19(2)17-20/h4-10,17H,3,11-16,18H2,1-2H3. The Bertz CT molecular complexity index is 1020. The van der Waals surface area contributed by atoms with Gasteiger partial charge in [-0.2, -0.15) is 4.98 Å². The first kappa shape index (κ1) is 22.0. The Morgan fingerprint density at radius 2 is 1.88 bits per heavy atom. The van der Waals surface area contributed by atoms with Crippen molar-refractivity contribution in [3.8, 4) is 17.1 Å². The molecule has 1 aliphatic rings. The zero-order valence-electron chi connectivity index (χ0n) is 18.8. The van der Waals surface area contributed by atoms with Gasteiger partial charge in [-0.3, -0.25) is 9.69 Å². The predicted molar refractivity (Wildman–Crippen MR) is 122 cm³/mol. The molecule has 0 N–H and O–H groups in total. The van der Waals surface area contributed by atoms with Gasteiger partial charge in [0, 0.05) is 51.1 Å². The lowest BCUT2D eigenvalue weighted by Crippen LogP contribution is -2.48. The van der Waals surface area contributed by atoms with Crippen molar-refractivity contribution >= 4 is 5.91 Å². The third kappa shape index (κ3) is 5.73. The summed E-state index contributed by atoms with van der Waals surface area (Å²) in [4.78, 5) is 21.4. The molecule has 1 amide bonds. The average molecular weight is 435 g/mol. The van der Waals surface area contributed by atoms with E-state index in [1.54, 1.807) is 0 Å². The number of nitrogens with zero attached hydrogens (tertiary/aromatic N) is 4. The summed E-state index contributed by atoms with van der Waals surface area (Å²) < 4.78 is 10.8. The largest absolute Gasteiger partial charge is 0.494 e. The summed E-state index contributed by atoms with van der Waals surface area (Å²) in [5.41, 5.74) is 3.46. The maximum absolute atomic E-state index is 12.7. The van der Waals surface area contributed by atoms with Gasteiger partial charge >= 0.3 is 0 Å². The molecule has 0 bridgehead atoms. The van der Waals surface area contributed by atoms with Crippen molar-refractivity contribution < 1.29 is 14.1 Å². The van der Waals surface area contributed by atoms with Crippen LogP contribution in [0.2, 0.25) is 0 Å². The van der Waals surface area contributed by atoms with Crippen molar-refractivity contribution in [3.05, 3.63) is 65.5 Å². The van der Waals surface area contributed by atoms with Crippen LogP contribution in [0.1, 0.15) is 30.4 Å². The van der Waals surface area contributed by atoms with Crippen LogP contribution in [-0.2, 0) is 17.8 Å². The molecule has 0 radical (unpaired) electrons. The van der Waals surface area contributed by atoms with Crippen LogP contribution in [0.15, 0.2) is 53.1 Å². The zero-order valence-corrected chi connectivity index (χ0v) is 18.8. The molecule has 3 aromatic rings. The third-order valence-electron chi connectivity index (χ3n) is 5.66. The summed E-state index contributed by atoms with van der Waals surface area (Å²) in [6, 6.07) is 16.2. The lowest BCUT2D eigenvalue weighted by Gasteiger charge is -2.34. The van der Waals surface area contributed by atoms with E-state index < -0.39 is 0 Å². The quantitative estimate of drug-likeness (QED) is 0.538. The van der Waals surface area contributed by atoms with Crippen molar-refractivity contribution in [3.63, 3.8) is 0 Å². The van der Waals surface area contributed by atoms with Crippen molar-refractivity contribution in [1.82, 2.24) is 19.9 Å². The second-order valence-electron chi connectivity index (χ2n) is 8.12. The van der Waals surface area contributed by atoms with E-state index in [0.717, 1.165) is 44.0 Å². The minimum atomic E-state index is 0.140. The predicted octanol–water partition coefficient (Wildman–Crippen LogP) is 3.72. The number of benzene rings is 2. The number of amides is 1. The summed E-state index contributed by atoms with van der Waals surface area (Å²) in [5, 5.41) is 4.05. The number of aryl methyl sites for hydroxylation is 2.